The Bertz CT molecular complexity index is 720. The number of phenols is 1. The molecular weight excluding hydrogens is 365 g/mol. The Morgan fingerprint density at radius 2 is 2.00 bits per heavy atom. The first-order valence-electron chi connectivity index (χ1n) is 7.19. The molecule has 0 aromatic heterocycles. The van der Waals surface area contributed by atoms with Gasteiger partial charge in [0.1, 0.15) is 17.7 Å². The van der Waals surface area contributed by atoms with Gasteiger partial charge < -0.3 is 14.7 Å². The lowest BCUT2D eigenvalue weighted by atomic mass is 10.1. The molecule has 0 saturated carbocycles. The van der Waals surface area contributed by atoms with Gasteiger partial charge in [-0.1, -0.05) is 28.1 Å². The number of ether oxygens (including phenoxy) is 1. The zero-order valence-electron chi connectivity index (χ0n) is 12.2. The van der Waals surface area contributed by atoms with Gasteiger partial charge in [-0.15, -0.1) is 0 Å². The molecule has 1 heterocycles. The molecule has 1 fully saturated rings. The fourth-order valence-corrected chi connectivity index (χ4v) is 2.92. The van der Waals surface area contributed by atoms with Gasteiger partial charge in [-0.05, 0) is 35.9 Å². The van der Waals surface area contributed by atoms with E-state index in [1.807, 2.05) is 0 Å². The molecule has 1 N–H and O–H groups in total. The quantitative estimate of drug-likeness (QED) is 0.868. The molecule has 2 aromatic rings. The molecule has 0 spiro atoms. The highest BCUT2D eigenvalue weighted by Gasteiger charge is 2.27. The van der Waals surface area contributed by atoms with Crippen LogP contribution in [0, 0.1) is 5.82 Å². The molecule has 120 valence electrons. The normalized spacial score (nSPS) is 18.0. The van der Waals surface area contributed by atoms with Crippen LogP contribution < -0.4 is 0 Å². The second kappa shape index (κ2) is 6.68. The summed E-state index contributed by atoms with van der Waals surface area (Å²) in [7, 11) is 0. The number of hydrogen-bond donors (Lipinski definition) is 1. The number of morpholine rings is 1. The summed E-state index contributed by atoms with van der Waals surface area (Å²) in [6.45, 7) is 1.20. The third kappa shape index (κ3) is 3.54. The maximum Gasteiger partial charge on any atom is 0.257 e. The van der Waals surface area contributed by atoms with Crippen LogP contribution in [0.5, 0.6) is 5.75 Å². The second-order valence-electron chi connectivity index (χ2n) is 5.32. The van der Waals surface area contributed by atoms with Crippen molar-refractivity contribution in [1.29, 1.82) is 0 Å². The molecule has 4 nitrogen and oxygen atoms in total. The number of hydrogen-bond acceptors (Lipinski definition) is 3. The Morgan fingerprint density at radius 1 is 1.26 bits per heavy atom. The van der Waals surface area contributed by atoms with Gasteiger partial charge in [0.2, 0.25) is 0 Å². The maximum absolute atomic E-state index is 13.0. The summed E-state index contributed by atoms with van der Waals surface area (Å²) in [6, 6.07) is 10.8. The van der Waals surface area contributed by atoms with E-state index in [9.17, 15) is 14.3 Å². The first-order chi connectivity index (χ1) is 11.0. The van der Waals surface area contributed by atoms with Crippen molar-refractivity contribution in [3.05, 3.63) is 63.9 Å². The molecule has 1 aliphatic rings. The van der Waals surface area contributed by atoms with Crippen molar-refractivity contribution in [3.8, 4) is 5.75 Å². The van der Waals surface area contributed by atoms with Gasteiger partial charge in [0.15, 0.2) is 0 Å². The molecule has 6 heteroatoms. The first-order valence-corrected chi connectivity index (χ1v) is 7.99. The van der Waals surface area contributed by atoms with E-state index >= 15 is 0 Å². The fourth-order valence-electron chi connectivity index (χ4n) is 2.56. The monoisotopic (exact) mass is 379 g/mol. The lowest BCUT2D eigenvalue weighted by Crippen LogP contribution is -2.42. The average Bonchev–Trinajstić information content (AvgIpc) is 2.57. The SMILES string of the molecule is O=C(c1cc(Br)ccc1O)N1CCOC(c2ccc(F)cc2)C1. The molecule has 3 rings (SSSR count). The van der Waals surface area contributed by atoms with Crippen molar-refractivity contribution in [2.45, 2.75) is 6.10 Å². The Hall–Kier alpha value is -1.92. The summed E-state index contributed by atoms with van der Waals surface area (Å²) in [5.41, 5.74) is 1.07. The fraction of sp³-hybridized carbons (Fsp3) is 0.235. The minimum absolute atomic E-state index is 0.0528. The molecular formula is C17H15BrFNO3. The predicted molar refractivity (Wildman–Crippen MR) is 86.8 cm³/mol. The number of aromatic hydroxyl groups is 1. The van der Waals surface area contributed by atoms with Crippen molar-refractivity contribution in [2.75, 3.05) is 19.7 Å². The van der Waals surface area contributed by atoms with Crippen LogP contribution in [0.3, 0.4) is 0 Å². The van der Waals surface area contributed by atoms with Gasteiger partial charge in [0.05, 0.1) is 18.7 Å². The minimum atomic E-state index is -0.309. The van der Waals surface area contributed by atoms with E-state index in [0.717, 1.165) is 10.0 Å². The standard InChI is InChI=1S/C17H15BrFNO3/c18-12-3-6-15(21)14(9-12)17(22)20-7-8-23-16(10-20)11-1-4-13(19)5-2-11/h1-6,9,16,21H,7-8,10H2. The second-order valence-corrected chi connectivity index (χ2v) is 6.24. The summed E-state index contributed by atoms with van der Waals surface area (Å²) in [6.07, 6.45) is -0.303. The third-order valence-electron chi connectivity index (χ3n) is 3.78. The topological polar surface area (TPSA) is 49.8 Å². The molecule has 1 aliphatic heterocycles. The summed E-state index contributed by atoms with van der Waals surface area (Å²) in [5, 5.41) is 9.91. The van der Waals surface area contributed by atoms with Gasteiger partial charge in [0.25, 0.3) is 5.91 Å². The first kappa shape index (κ1) is 16.0. The maximum atomic E-state index is 13.0. The van der Waals surface area contributed by atoms with Crippen molar-refractivity contribution >= 4 is 21.8 Å². The molecule has 1 unspecified atom stereocenters. The molecule has 2 aromatic carbocycles. The van der Waals surface area contributed by atoms with Crippen LogP contribution in [0.2, 0.25) is 0 Å². The molecule has 0 bridgehead atoms. The number of nitrogens with zero attached hydrogens (tertiary/aromatic N) is 1. The average molecular weight is 380 g/mol. The smallest absolute Gasteiger partial charge is 0.257 e. The predicted octanol–water partition coefficient (Wildman–Crippen LogP) is 3.51. The van der Waals surface area contributed by atoms with Crippen molar-refractivity contribution in [2.24, 2.45) is 0 Å². The van der Waals surface area contributed by atoms with Crippen molar-refractivity contribution < 1.29 is 19.0 Å². The van der Waals surface area contributed by atoms with E-state index in [2.05, 4.69) is 15.9 Å². The van der Waals surface area contributed by atoms with E-state index < -0.39 is 0 Å². The molecule has 0 radical (unpaired) electrons. The summed E-state index contributed by atoms with van der Waals surface area (Å²) in [5.74, 6) is -0.612. The van der Waals surface area contributed by atoms with Gasteiger partial charge in [-0.25, -0.2) is 4.39 Å². The van der Waals surface area contributed by atoms with Crippen LogP contribution in [0.1, 0.15) is 22.0 Å². The highest BCUT2D eigenvalue weighted by Crippen LogP contribution is 2.27. The van der Waals surface area contributed by atoms with Crippen LogP contribution in [-0.2, 0) is 4.74 Å². The van der Waals surface area contributed by atoms with Crippen LogP contribution in [0.25, 0.3) is 0 Å². The molecule has 23 heavy (non-hydrogen) atoms. The number of carbonyl (C=O) groups excluding carboxylic acids is 1. The van der Waals surface area contributed by atoms with Gasteiger partial charge in [-0.2, -0.15) is 0 Å². The molecule has 1 atom stereocenters. The number of benzene rings is 2. The number of amides is 1. The number of halogens is 2. The number of rotatable bonds is 2. The van der Waals surface area contributed by atoms with Gasteiger partial charge >= 0.3 is 0 Å². The summed E-state index contributed by atoms with van der Waals surface area (Å²) < 4.78 is 19.4. The van der Waals surface area contributed by atoms with Crippen LogP contribution >= 0.6 is 15.9 Å². The Labute approximate surface area is 141 Å². The highest BCUT2D eigenvalue weighted by molar-refractivity contribution is 9.10. The zero-order chi connectivity index (χ0) is 16.4. The van der Waals surface area contributed by atoms with Crippen LogP contribution in [0.15, 0.2) is 46.9 Å². The van der Waals surface area contributed by atoms with E-state index in [4.69, 9.17) is 4.74 Å². The van der Waals surface area contributed by atoms with E-state index in [0.29, 0.717) is 19.7 Å². The van der Waals surface area contributed by atoms with Crippen molar-refractivity contribution in [1.82, 2.24) is 4.90 Å². The van der Waals surface area contributed by atoms with Crippen molar-refractivity contribution in [3.63, 3.8) is 0 Å². The third-order valence-corrected chi connectivity index (χ3v) is 4.28. The van der Waals surface area contributed by atoms with Gasteiger partial charge in [-0.3, -0.25) is 4.79 Å². The summed E-state index contributed by atoms with van der Waals surface area (Å²) in [4.78, 5) is 14.3. The molecule has 0 aliphatic carbocycles. The Balaban J connectivity index is 1.79. The zero-order valence-corrected chi connectivity index (χ0v) is 13.8. The van der Waals surface area contributed by atoms with Gasteiger partial charge in [0, 0.05) is 11.0 Å². The summed E-state index contributed by atoms with van der Waals surface area (Å²) >= 11 is 3.30. The lowest BCUT2D eigenvalue weighted by Gasteiger charge is -2.33. The molecule has 1 saturated heterocycles. The van der Waals surface area contributed by atoms with Crippen LogP contribution in [0.4, 0.5) is 4.39 Å². The number of phenolic OH excluding ortho intramolecular Hbond substituents is 1. The lowest BCUT2D eigenvalue weighted by molar-refractivity contribution is -0.0229. The Kier molecular flexibility index (Phi) is 4.63. The van der Waals surface area contributed by atoms with E-state index in [-0.39, 0.29) is 29.1 Å². The van der Waals surface area contributed by atoms with E-state index in [1.54, 1.807) is 29.2 Å². The Morgan fingerprint density at radius 3 is 2.74 bits per heavy atom. The largest absolute Gasteiger partial charge is 0.507 e. The van der Waals surface area contributed by atoms with E-state index in [1.165, 1.54) is 18.2 Å². The minimum Gasteiger partial charge on any atom is -0.507 e. The molecule has 1 amide bonds. The number of carbonyl (C=O) groups is 1. The van der Waals surface area contributed by atoms with Crippen LogP contribution in [-0.4, -0.2) is 35.6 Å². The highest BCUT2D eigenvalue weighted by atomic mass is 79.9.